The van der Waals surface area contributed by atoms with Gasteiger partial charge in [0.2, 0.25) is 23.5 Å². The summed E-state index contributed by atoms with van der Waals surface area (Å²) in [5.41, 5.74) is 5.29. The largest absolute Gasteiger partial charge is 0.418 e. The number of nitrogens with one attached hydrogen (secondary N) is 1. The second-order valence-corrected chi connectivity index (χ2v) is 10.3. The van der Waals surface area contributed by atoms with Crippen LogP contribution in [0.3, 0.4) is 0 Å². The van der Waals surface area contributed by atoms with Crippen molar-refractivity contribution >= 4 is 27.4 Å². The van der Waals surface area contributed by atoms with E-state index in [1.165, 1.54) is 0 Å². The first-order chi connectivity index (χ1) is 14.4. The molecule has 2 aromatic rings. The maximum atomic E-state index is 12.7. The van der Waals surface area contributed by atoms with Gasteiger partial charge < -0.3 is 15.5 Å². The third-order valence-electron chi connectivity index (χ3n) is 4.20. The Hall–Kier alpha value is -3.08. The van der Waals surface area contributed by atoms with Crippen molar-refractivity contribution in [3.05, 3.63) is 47.7 Å². The summed E-state index contributed by atoms with van der Waals surface area (Å²) in [4.78, 5) is 36.3. The number of primary amides is 1. The number of amides is 2. The summed E-state index contributed by atoms with van der Waals surface area (Å²) in [5, 5.41) is 9.85. The first-order valence-electron chi connectivity index (χ1n) is 9.57. The van der Waals surface area contributed by atoms with Gasteiger partial charge in [0.05, 0.1) is 17.9 Å². The molecule has 0 aliphatic carbocycles. The zero-order valence-corrected chi connectivity index (χ0v) is 18.4. The van der Waals surface area contributed by atoms with Gasteiger partial charge in [0.25, 0.3) is 5.89 Å². The predicted octanol–water partition coefficient (Wildman–Crippen LogP) is 0.915. The molecule has 2 rings (SSSR count). The highest BCUT2D eigenvalue weighted by Gasteiger charge is 2.31. The maximum absolute atomic E-state index is 12.7. The van der Waals surface area contributed by atoms with Gasteiger partial charge in [0.1, 0.15) is 6.04 Å². The number of carbonyl (C=O) groups is 3. The van der Waals surface area contributed by atoms with Crippen molar-refractivity contribution < 1.29 is 27.2 Å². The minimum Gasteiger partial charge on any atom is -0.418 e. The number of nitrogens with zero attached hydrogens (tertiary/aromatic N) is 2. The number of hydrogen-bond donors (Lipinski definition) is 2. The molecule has 1 atom stereocenters. The van der Waals surface area contributed by atoms with E-state index in [1.54, 1.807) is 30.3 Å². The molecule has 1 aromatic carbocycles. The summed E-state index contributed by atoms with van der Waals surface area (Å²) in [5.74, 6) is -3.09. The second kappa shape index (κ2) is 9.82. The van der Waals surface area contributed by atoms with Crippen LogP contribution in [0, 0.1) is 0 Å². The summed E-state index contributed by atoms with van der Waals surface area (Å²) >= 11 is 0. The predicted molar refractivity (Wildman–Crippen MR) is 112 cm³/mol. The van der Waals surface area contributed by atoms with Gasteiger partial charge in [0, 0.05) is 11.8 Å². The number of sulfone groups is 1. The molecule has 1 aromatic heterocycles. The highest BCUT2D eigenvalue weighted by Crippen LogP contribution is 2.21. The van der Waals surface area contributed by atoms with Crippen molar-refractivity contribution in [2.24, 2.45) is 5.73 Å². The summed E-state index contributed by atoms with van der Waals surface area (Å²) in [6.45, 7) is 5.44. The molecule has 0 radical (unpaired) electrons. The van der Waals surface area contributed by atoms with E-state index in [2.05, 4.69) is 15.5 Å². The molecule has 0 saturated heterocycles. The van der Waals surface area contributed by atoms with Gasteiger partial charge in [-0.05, 0) is 5.56 Å². The van der Waals surface area contributed by atoms with E-state index in [9.17, 15) is 22.8 Å². The van der Waals surface area contributed by atoms with E-state index >= 15 is 0 Å². The normalized spacial score (nSPS) is 12.9. The van der Waals surface area contributed by atoms with Crippen molar-refractivity contribution in [2.75, 3.05) is 5.75 Å². The van der Waals surface area contributed by atoms with E-state index in [-0.39, 0.29) is 24.0 Å². The van der Waals surface area contributed by atoms with E-state index < -0.39 is 51.1 Å². The molecule has 1 heterocycles. The third kappa shape index (κ3) is 7.59. The van der Waals surface area contributed by atoms with Crippen LogP contribution in [0.1, 0.15) is 55.8 Å². The third-order valence-corrected chi connectivity index (χ3v) is 5.80. The van der Waals surface area contributed by atoms with Crippen LogP contribution in [0.4, 0.5) is 0 Å². The van der Waals surface area contributed by atoms with Gasteiger partial charge in [-0.1, -0.05) is 51.1 Å². The van der Waals surface area contributed by atoms with Gasteiger partial charge in [-0.3, -0.25) is 14.4 Å². The summed E-state index contributed by atoms with van der Waals surface area (Å²) in [6.07, 6.45) is -0.872. The standard InChI is InChI=1S/C20H26N4O6S/c1-20(2,3)19-24-23-18(30-19)17(27)14(11-15(21)25)22-16(26)9-10-31(28,29)12-13-7-5-4-6-8-13/h4-8,14H,9-12H2,1-3H3,(H2,21,25)(H,22,26). The summed E-state index contributed by atoms with van der Waals surface area (Å²) in [7, 11) is -3.55. The van der Waals surface area contributed by atoms with Crippen LogP contribution in [0.15, 0.2) is 34.7 Å². The number of nitrogens with two attached hydrogens (primary N) is 1. The highest BCUT2D eigenvalue weighted by atomic mass is 32.2. The van der Waals surface area contributed by atoms with Crippen LogP contribution < -0.4 is 11.1 Å². The first-order valence-corrected chi connectivity index (χ1v) is 11.4. The molecule has 0 aliphatic heterocycles. The lowest BCUT2D eigenvalue weighted by Gasteiger charge is -2.15. The Labute approximate surface area is 180 Å². The van der Waals surface area contributed by atoms with Crippen LogP contribution in [0.5, 0.6) is 0 Å². The fourth-order valence-corrected chi connectivity index (χ4v) is 3.94. The molecule has 0 bridgehead atoms. The fourth-order valence-electron chi connectivity index (χ4n) is 2.60. The zero-order valence-electron chi connectivity index (χ0n) is 17.6. The lowest BCUT2D eigenvalue weighted by Crippen LogP contribution is -2.44. The molecular weight excluding hydrogens is 424 g/mol. The van der Waals surface area contributed by atoms with Crippen LogP contribution in [0.25, 0.3) is 0 Å². The first kappa shape index (κ1) is 24.2. The maximum Gasteiger partial charge on any atom is 0.286 e. The lowest BCUT2D eigenvalue weighted by molar-refractivity contribution is -0.122. The Morgan fingerprint density at radius 2 is 1.77 bits per heavy atom. The smallest absolute Gasteiger partial charge is 0.286 e. The fraction of sp³-hybridized carbons (Fsp3) is 0.450. The van der Waals surface area contributed by atoms with Crippen LogP contribution in [-0.4, -0.2) is 48.0 Å². The minimum absolute atomic E-state index is 0.206. The molecule has 0 spiro atoms. The van der Waals surface area contributed by atoms with Gasteiger partial charge in [-0.15, -0.1) is 10.2 Å². The Morgan fingerprint density at radius 3 is 2.32 bits per heavy atom. The monoisotopic (exact) mass is 450 g/mol. The van der Waals surface area contributed by atoms with Crippen LogP contribution >= 0.6 is 0 Å². The molecule has 3 N–H and O–H groups in total. The Balaban J connectivity index is 2.03. The Morgan fingerprint density at radius 1 is 1.13 bits per heavy atom. The molecule has 2 amide bonds. The molecular formula is C20H26N4O6S. The van der Waals surface area contributed by atoms with Crippen molar-refractivity contribution in [2.45, 2.75) is 50.8 Å². The van der Waals surface area contributed by atoms with Gasteiger partial charge in [-0.25, -0.2) is 8.42 Å². The van der Waals surface area contributed by atoms with E-state index in [4.69, 9.17) is 10.2 Å². The van der Waals surface area contributed by atoms with E-state index in [0.29, 0.717) is 5.56 Å². The van der Waals surface area contributed by atoms with Gasteiger partial charge in [0.15, 0.2) is 9.84 Å². The van der Waals surface area contributed by atoms with Crippen molar-refractivity contribution in [3.63, 3.8) is 0 Å². The minimum atomic E-state index is -3.55. The highest BCUT2D eigenvalue weighted by molar-refractivity contribution is 7.90. The molecule has 168 valence electrons. The molecule has 10 nitrogen and oxygen atoms in total. The summed E-state index contributed by atoms with van der Waals surface area (Å²) in [6, 6.07) is 7.23. The topological polar surface area (TPSA) is 162 Å². The molecule has 0 saturated carbocycles. The average Bonchev–Trinajstić information content (AvgIpc) is 3.16. The van der Waals surface area contributed by atoms with Gasteiger partial charge >= 0.3 is 0 Å². The molecule has 1 unspecified atom stereocenters. The molecule has 0 aliphatic rings. The Kier molecular flexibility index (Phi) is 7.66. The Bertz CT molecular complexity index is 1040. The lowest BCUT2D eigenvalue weighted by atomic mass is 9.97. The number of aromatic nitrogens is 2. The van der Waals surface area contributed by atoms with E-state index in [1.807, 2.05) is 20.8 Å². The van der Waals surface area contributed by atoms with Crippen LogP contribution in [0.2, 0.25) is 0 Å². The number of Topliss-reactive ketones (excluding diaryl/α,β-unsaturated/α-hetero) is 1. The molecule has 31 heavy (non-hydrogen) atoms. The van der Waals surface area contributed by atoms with Gasteiger partial charge in [-0.2, -0.15) is 0 Å². The number of hydrogen-bond acceptors (Lipinski definition) is 8. The summed E-state index contributed by atoms with van der Waals surface area (Å²) < 4.78 is 29.9. The van der Waals surface area contributed by atoms with Crippen molar-refractivity contribution in [1.29, 1.82) is 0 Å². The zero-order chi connectivity index (χ0) is 23.2. The molecule has 11 heteroatoms. The second-order valence-electron chi connectivity index (χ2n) is 8.14. The number of benzene rings is 1. The SMILES string of the molecule is CC(C)(C)c1nnc(C(=O)C(CC(N)=O)NC(=O)CCS(=O)(=O)Cc2ccccc2)o1. The van der Waals surface area contributed by atoms with Crippen molar-refractivity contribution in [1.82, 2.24) is 15.5 Å². The number of carbonyl (C=O) groups excluding carboxylic acids is 3. The molecule has 0 fully saturated rings. The van der Waals surface area contributed by atoms with Crippen molar-refractivity contribution in [3.8, 4) is 0 Å². The number of rotatable bonds is 10. The van der Waals surface area contributed by atoms with E-state index in [0.717, 1.165) is 0 Å². The van der Waals surface area contributed by atoms with Crippen LogP contribution in [-0.2, 0) is 30.6 Å². The average molecular weight is 451 g/mol. The quantitative estimate of drug-likeness (QED) is 0.505. The number of ketones is 1.